The number of nitrogens with one attached hydrogen (secondary N) is 1. The van der Waals surface area contributed by atoms with Gasteiger partial charge in [-0.3, -0.25) is 4.90 Å². The van der Waals surface area contributed by atoms with Gasteiger partial charge in [0.2, 0.25) is 0 Å². The van der Waals surface area contributed by atoms with Gasteiger partial charge in [-0.1, -0.05) is 41.5 Å². The fraction of sp³-hybridized carbons (Fsp3) is 1.00. The molecule has 17 heavy (non-hydrogen) atoms. The molecule has 0 spiro atoms. The summed E-state index contributed by atoms with van der Waals surface area (Å²) in [4.78, 5) is 2.71. The van der Waals surface area contributed by atoms with E-state index in [1.807, 2.05) is 0 Å². The van der Waals surface area contributed by atoms with Gasteiger partial charge < -0.3 is 5.32 Å². The van der Waals surface area contributed by atoms with Crippen molar-refractivity contribution in [3.63, 3.8) is 0 Å². The van der Waals surface area contributed by atoms with Crippen LogP contribution in [0.4, 0.5) is 0 Å². The number of piperazine rings is 1. The van der Waals surface area contributed by atoms with Gasteiger partial charge in [0.1, 0.15) is 0 Å². The number of hydrogen-bond acceptors (Lipinski definition) is 2. The smallest absolute Gasteiger partial charge is 0.0269 e. The minimum atomic E-state index is 0.380. The Balaban J connectivity index is 2.61. The van der Waals surface area contributed by atoms with Crippen molar-refractivity contribution in [2.24, 2.45) is 11.3 Å². The maximum atomic E-state index is 3.75. The summed E-state index contributed by atoms with van der Waals surface area (Å²) in [5.41, 5.74) is 0.380. The molecule has 1 rings (SSSR count). The molecular formula is C15H32N2. The highest BCUT2D eigenvalue weighted by Gasteiger charge is 2.34. The molecule has 1 aliphatic heterocycles. The molecule has 1 N–H and O–H groups in total. The van der Waals surface area contributed by atoms with Gasteiger partial charge in [-0.15, -0.1) is 0 Å². The lowest BCUT2D eigenvalue weighted by molar-refractivity contribution is 0.0516. The van der Waals surface area contributed by atoms with Crippen LogP contribution in [0.15, 0.2) is 0 Å². The van der Waals surface area contributed by atoms with Crippen molar-refractivity contribution in [2.45, 2.75) is 66.5 Å². The first kappa shape index (κ1) is 15.0. The van der Waals surface area contributed by atoms with E-state index in [1.165, 1.54) is 25.9 Å². The Morgan fingerprint density at radius 1 is 1.29 bits per heavy atom. The third-order valence-electron chi connectivity index (χ3n) is 3.76. The van der Waals surface area contributed by atoms with Crippen LogP contribution in [-0.4, -0.2) is 36.6 Å². The topological polar surface area (TPSA) is 15.3 Å². The first-order valence-corrected chi connectivity index (χ1v) is 7.32. The Labute approximate surface area is 108 Å². The molecule has 0 radical (unpaired) electrons. The van der Waals surface area contributed by atoms with Gasteiger partial charge >= 0.3 is 0 Å². The van der Waals surface area contributed by atoms with Gasteiger partial charge in [0, 0.05) is 25.2 Å². The summed E-state index contributed by atoms with van der Waals surface area (Å²) in [5.74, 6) is 0.794. The molecule has 0 saturated carbocycles. The second-order valence-electron chi connectivity index (χ2n) is 7.11. The van der Waals surface area contributed by atoms with Crippen molar-refractivity contribution in [1.82, 2.24) is 10.2 Å². The van der Waals surface area contributed by atoms with Crippen LogP contribution < -0.4 is 5.32 Å². The third-order valence-corrected chi connectivity index (χ3v) is 3.76. The van der Waals surface area contributed by atoms with Crippen LogP contribution in [0.5, 0.6) is 0 Å². The quantitative estimate of drug-likeness (QED) is 0.812. The van der Waals surface area contributed by atoms with Gasteiger partial charge in [0.15, 0.2) is 0 Å². The molecule has 2 atom stereocenters. The van der Waals surface area contributed by atoms with Crippen molar-refractivity contribution < 1.29 is 0 Å². The van der Waals surface area contributed by atoms with Crippen LogP contribution >= 0.6 is 0 Å². The molecule has 2 heteroatoms. The lowest BCUT2D eigenvalue weighted by Crippen LogP contribution is -2.60. The molecule has 1 heterocycles. The summed E-state index contributed by atoms with van der Waals surface area (Å²) >= 11 is 0. The minimum absolute atomic E-state index is 0.380. The Hall–Kier alpha value is -0.0800. The van der Waals surface area contributed by atoms with E-state index in [0.717, 1.165) is 12.5 Å². The Bertz CT molecular complexity index is 217. The van der Waals surface area contributed by atoms with Crippen LogP contribution in [0.25, 0.3) is 0 Å². The van der Waals surface area contributed by atoms with E-state index in [0.29, 0.717) is 17.5 Å². The molecule has 1 fully saturated rings. The highest BCUT2D eigenvalue weighted by molar-refractivity contribution is 4.92. The molecule has 1 saturated heterocycles. The molecule has 0 amide bonds. The van der Waals surface area contributed by atoms with E-state index >= 15 is 0 Å². The van der Waals surface area contributed by atoms with Crippen molar-refractivity contribution in [3.8, 4) is 0 Å². The standard InChI is InChI=1S/C15H32N2/c1-7-8-17-11-13(9-12(2)3)16-10-14(17)15(4,5)6/h12-14,16H,7-11H2,1-6H3. The first-order chi connectivity index (χ1) is 7.84. The zero-order valence-electron chi connectivity index (χ0n) is 12.7. The number of rotatable bonds is 4. The molecular weight excluding hydrogens is 208 g/mol. The summed E-state index contributed by atoms with van der Waals surface area (Å²) < 4.78 is 0. The first-order valence-electron chi connectivity index (χ1n) is 7.32. The van der Waals surface area contributed by atoms with Gasteiger partial charge in [-0.2, -0.15) is 0 Å². The second-order valence-corrected chi connectivity index (χ2v) is 7.11. The average Bonchev–Trinajstić information content (AvgIpc) is 2.15. The predicted molar refractivity (Wildman–Crippen MR) is 76.4 cm³/mol. The van der Waals surface area contributed by atoms with E-state index in [1.54, 1.807) is 0 Å². The molecule has 0 aromatic rings. The molecule has 0 aromatic heterocycles. The number of hydrogen-bond donors (Lipinski definition) is 1. The van der Waals surface area contributed by atoms with E-state index < -0.39 is 0 Å². The highest BCUT2D eigenvalue weighted by atomic mass is 15.2. The van der Waals surface area contributed by atoms with Gasteiger partial charge in [-0.25, -0.2) is 0 Å². The minimum Gasteiger partial charge on any atom is -0.311 e. The largest absolute Gasteiger partial charge is 0.311 e. The predicted octanol–water partition coefficient (Wildman–Crippen LogP) is 3.13. The second kappa shape index (κ2) is 6.19. The van der Waals surface area contributed by atoms with E-state index in [-0.39, 0.29) is 0 Å². The molecule has 0 aliphatic carbocycles. The lowest BCUT2D eigenvalue weighted by Gasteiger charge is -2.46. The molecule has 2 nitrogen and oxygen atoms in total. The zero-order chi connectivity index (χ0) is 13.1. The van der Waals surface area contributed by atoms with Crippen molar-refractivity contribution >= 4 is 0 Å². The van der Waals surface area contributed by atoms with Crippen molar-refractivity contribution in [2.75, 3.05) is 19.6 Å². The average molecular weight is 240 g/mol. The number of nitrogens with zero attached hydrogens (tertiary/aromatic N) is 1. The summed E-state index contributed by atoms with van der Waals surface area (Å²) in [6, 6.07) is 1.38. The maximum Gasteiger partial charge on any atom is 0.0269 e. The Morgan fingerprint density at radius 3 is 2.41 bits per heavy atom. The van der Waals surface area contributed by atoms with E-state index in [4.69, 9.17) is 0 Å². The SMILES string of the molecule is CCCN1CC(CC(C)C)NCC1C(C)(C)C. The van der Waals surface area contributed by atoms with Crippen LogP contribution in [-0.2, 0) is 0 Å². The van der Waals surface area contributed by atoms with Crippen LogP contribution in [0, 0.1) is 11.3 Å². The van der Waals surface area contributed by atoms with Gasteiger partial charge in [-0.05, 0) is 30.7 Å². The Kier molecular flexibility index (Phi) is 5.46. The van der Waals surface area contributed by atoms with Crippen LogP contribution in [0.3, 0.4) is 0 Å². The third kappa shape index (κ3) is 4.59. The fourth-order valence-corrected chi connectivity index (χ4v) is 3.00. The summed E-state index contributed by atoms with van der Waals surface area (Å²) in [5, 5.41) is 3.75. The van der Waals surface area contributed by atoms with Gasteiger partial charge in [0.05, 0.1) is 0 Å². The van der Waals surface area contributed by atoms with Crippen LogP contribution in [0.2, 0.25) is 0 Å². The summed E-state index contributed by atoms with van der Waals surface area (Å²) in [6.45, 7) is 17.7. The lowest BCUT2D eigenvalue weighted by atomic mass is 9.83. The molecule has 2 unspecified atom stereocenters. The van der Waals surface area contributed by atoms with Crippen LogP contribution in [0.1, 0.15) is 54.4 Å². The maximum absolute atomic E-state index is 3.75. The molecule has 0 bridgehead atoms. The molecule has 0 aromatic carbocycles. The van der Waals surface area contributed by atoms with E-state index in [2.05, 4.69) is 51.8 Å². The fourth-order valence-electron chi connectivity index (χ4n) is 3.00. The highest BCUT2D eigenvalue weighted by Crippen LogP contribution is 2.27. The normalized spacial score (nSPS) is 27.7. The monoisotopic (exact) mass is 240 g/mol. The van der Waals surface area contributed by atoms with Gasteiger partial charge in [0.25, 0.3) is 0 Å². The van der Waals surface area contributed by atoms with Crippen molar-refractivity contribution in [1.29, 1.82) is 0 Å². The summed E-state index contributed by atoms with van der Waals surface area (Å²) in [6.07, 6.45) is 2.57. The summed E-state index contributed by atoms with van der Waals surface area (Å²) in [7, 11) is 0. The molecule has 102 valence electrons. The van der Waals surface area contributed by atoms with E-state index in [9.17, 15) is 0 Å². The molecule has 1 aliphatic rings. The van der Waals surface area contributed by atoms with Crippen molar-refractivity contribution in [3.05, 3.63) is 0 Å². The zero-order valence-corrected chi connectivity index (χ0v) is 12.7. The Morgan fingerprint density at radius 2 is 1.94 bits per heavy atom.